The molecular weight excluding hydrogens is 402 g/mol. The Morgan fingerprint density at radius 2 is 1.91 bits per heavy atom. The molecule has 0 aliphatic carbocycles. The summed E-state index contributed by atoms with van der Waals surface area (Å²) in [5, 5.41) is 6.19. The number of carbonyl (C=O) groups excluding carboxylic acids is 1. The van der Waals surface area contributed by atoms with Crippen molar-refractivity contribution in [1.29, 1.82) is 0 Å². The number of pyridine rings is 1. The summed E-state index contributed by atoms with van der Waals surface area (Å²) in [5.41, 5.74) is 17.6. The largest absolute Gasteiger partial charge is 0.398 e. The lowest BCUT2D eigenvalue weighted by Gasteiger charge is -2.14. The zero-order valence-electron chi connectivity index (χ0n) is 17.6. The van der Waals surface area contributed by atoms with Crippen molar-refractivity contribution in [2.45, 2.75) is 6.92 Å². The van der Waals surface area contributed by atoms with Gasteiger partial charge in [0.25, 0.3) is 0 Å². The second-order valence-corrected chi connectivity index (χ2v) is 7.72. The highest BCUT2D eigenvalue weighted by Gasteiger charge is 2.15. The number of primary amides is 1. The van der Waals surface area contributed by atoms with Crippen LogP contribution in [-0.2, 0) is 7.05 Å². The summed E-state index contributed by atoms with van der Waals surface area (Å²) in [6, 6.07) is 13.1. The van der Waals surface area contributed by atoms with E-state index < -0.39 is 5.91 Å². The fourth-order valence-electron chi connectivity index (χ4n) is 3.91. The number of hydrogen-bond acceptors (Lipinski definition) is 5. The number of nitrogens with zero attached hydrogens (tertiary/aromatic N) is 5. The van der Waals surface area contributed by atoms with Gasteiger partial charge in [-0.15, -0.1) is 0 Å². The molecule has 0 bridgehead atoms. The van der Waals surface area contributed by atoms with Crippen LogP contribution >= 0.6 is 0 Å². The summed E-state index contributed by atoms with van der Waals surface area (Å²) < 4.78 is 3.74. The number of fused-ring (bicyclic) bond motifs is 1. The first kappa shape index (κ1) is 19.5. The van der Waals surface area contributed by atoms with Crippen molar-refractivity contribution in [2.24, 2.45) is 12.8 Å². The highest BCUT2D eigenvalue weighted by molar-refractivity contribution is 6.02. The van der Waals surface area contributed by atoms with E-state index in [4.69, 9.17) is 16.5 Å². The molecule has 0 aliphatic heterocycles. The summed E-state index contributed by atoms with van der Waals surface area (Å²) in [5.74, 6) is -0.517. The SMILES string of the molecule is Cc1cc2c(-n3cnc(-c4cnn(C)c4)c3)cccc2c(-c2ccc(C(N)=O)cc2N)n1. The molecule has 5 rings (SSSR count). The van der Waals surface area contributed by atoms with Gasteiger partial charge in [0, 0.05) is 58.3 Å². The molecule has 0 spiro atoms. The molecule has 158 valence electrons. The molecule has 8 nitrogen and oxygen atoms in total. The van der Waals surface area contributed by atoms with Crippen LogP contribution in [0.2, 0.25) is 0 Å². The monoisotopic (exact) mass is 423 g/mol. The van der Waals surface area contributed by atoms with Crippen LogP contribution in [0, 0.1) is 6.92 Å². The third kappa shape index (κ3) is 3.27. The Hall–Kier alpha value is -4.46. The summed E-state index contributed by atoms with van der Waals surface area (Å²) in [6.07, 6.45) is 7.50. The first-order chi connectivity index (χ1) is 15.4. The van der Waals surface area contributed by atoms with Gasteiger partial charge in [-0.1, -0.05) is 12.1 Å². The maximum absolute atomic E-state index is 11.5. The Kier molecular flexibility index (Phi) is 4.48. The van der Waals surface area contributed by atoms with Crippen LogP contribution in [0.4, 0.5) is 5.69 Å². The molecule has 4 N–H and O–H groups in total. The molecule has 0 fully saturated rings. The van der Waals surface area contributed by atoms with Crippen molar-refractivity contribution < 1.29 is 4.79 Å². The zero-order chi connectivity index (χ0) is 22.4. The van der Waals surface area contributed by atoms with Crippen LogP contribution in [0.25, 0.3) is 39.0 Å². The Labute approximate surface area is 184 Å². The van der Waals surface area contributed by atoms with Gasteiger partial charge in [-0.25, -0.2) is 4.98 Å². The highest BCUT2D eigenvalue weighted by atomic mass is 16.1. The molecule has 0 radical (unpaired) electrons. The van der Waals surface area contributed by atoms with Gasteiger partial charge < -0.3 is 16.0 Å². The topological polar surface area (TPSA) is 118 Å². The number of aryl methyl sites for hydroxylation is 2. The number of benzene rings is 2. The quantitative estimate of drug-likeness (QED) is 0.429. The van der Waals surface area contributed by atoms with Gasteiger partial charge in [0.1, 0.15) is 0 Å². The highest BCUT2D eigenvalue weighted by Crippen LogP contribution is 2.34. The minimum atomic E-state index is -0.517. The van der Waals surface area contributed by atoms with Crippen LogP contribution in [-0.4, -0.2) is 30.2 Å². The summed E-state index contributed by atoms with van der Waals surface area (Å²) in [6.45, 7) is 1.95. The van der Waals surface area contributed by atoms with Crippen LogP contribution in [0.1, 0.15) is 16.1 Å². The van der Waals surface area contributed by atoms with E-state index in [0.29, 0.717) is 11.3 Å². The third-order valence-electron chi connectivity index (χ3n) is 5.43. The number of rotatable bonds is 4. The number of anilines is 1. The summed E-state index contributed by atoms with van der Waals surface area (Å²) >= 11 is 0. The molecule has 0 saturated heterocycles. The number of carbonyl (C=O) groups is 1. The Morgan fingerprint density at radius 1 is 1.06 bits per heavy atom. The second kappa shape index (κ2) is 7.35. The van der Waals surface area contributed by atoms with E-state index in [-0.39, 0.29) is 0 Å². The number of nitrogens with two attached hydrogens (primary N) is 2. The Morgan fingerprint density at radius 3 is 2.62 bits per heavy atom. The molecule has 0 saturated carbocycles. The van der Waals surface area contributed by atoms with E-state index in [9.17, 15) is 4.79 Å². The van der Waals surface area contributed by atoms with Crippen LogP contribution in [0.5, 0.6) is 0 Å². The van der Waals surface area contributed by atoms with E-state index in [2.05, 4.69) is 10.1 Å². The maximum atomic E-state index is 11.5. The Balaban J connectivity index is 1.67. The molecule has 0 atom stereocenters. The van der Waals surface area contributed by atoms with Crippen molar-refractivity contribution in [3.63, 3.8) is 0 Å². The van der Waals surface area contributed by atoms with Crippen molar-refractivity contribution in [1.82, 2.24) is 24.3 Å². The number of aromatic nitrogens is 5. The van der Waals surface area contributed by atoms with Gasteiger partial charge in [0.05, 0.1) is 29.6 Å². The lowest BCUT2D eigenvalue weighted by molar-refractivity contribution is 0.100. The van der Waals surface area contributed by atoms with Gasteiger partial charge in [-0.05, 0) is 37.3 Å². The molecule has 2 aromatic carbocycles. The predicted octanol–water partition coefficient (Wildman–Crippen LogP) is 3.48. The second-order valence-electron chi connectivity index (χ2n) is 7.72. The smallest absolute Gasteiger partial charge is 0.248 e. The van der Waals surface area contributed by atoms with Gasteiger partial charge in [-0.2, -0.15) is 5.10 Å². The molecule has 3 aromatic heterocycles. The number of nitrogen functional groups attached to an aromatic ring is 1. The average molecular weight is 423 g/mol. The van der Waals surface area contributed by atoms with Crippen LogP contribution in [0.3, 0.4) is 0 Å². The number of imidazole rings is 1. The molecule has 1 amide bonds. The van der Waals surface area contributed by atoms with E-state index in [1.54, 1.807) is 35.4 Å². The molecule has 0 unspecified atom stereocenters. The maximum Gasteiger partial charge on any atom is 0.248 e. The standard InChI is InChI=1S/C24H21N7O/c1-14-8-19-17(23(29-14)18-7-6-15(24(26)32)9-20(18)25)4-3-5-22(19)31-12-21(27-13-31)16-10-28-30(2)11-16/h3-13H,25H2,1-2H3,(H2,26,32). The average Bonchev–Trinajstić information content (AvgIpc) is 3.42. The minimum Gasteiger partial charge on any atom is -0.398 e. The fraction of sp³-hybridized carbons (Fsp3) is 0.0833. The first-order valence-electron chi connectivity index (χ1n) is 10.0. The molecule has 8 heteroatoms. The molecule has 32 heavy (non-hydrogen) atoms. The van der Waals surface area contributed by atoms with E-state index in [1.807, 2.05) is 55.2 Å². The van der Waals surface area contributed by atoms with Crippen molar-refractivity contribution in [2.75, 3.05) is 5.73 Å². The Bertz CT molecular complexity index is 1500. The van der Waals surface area contributed by atoms with Gasteiger partial charge in [0.15, 0.2) is 0 Å². The van der Waals surface area contributed by atoms with Crippen LogP contribution < -0.4 is 11.5 Å². The van der Waals surface area contributed by atoms with Crippen molar-refractivity contribution >= 4 is 22.4 Å². The van der Waals surface area contributed by atoms with Crippen molar-refractivity contribution in [3.05, 3.63) is 78.6 Å². The fourth-order valence-corrected chi connectivity index (χ4v) is 3.91. The van der Waals surface area contributed by atoms with Crippen molar-refractivity contribution in [3.8, 4) is 28.2 Å². The van der Waals surface area contributed by atoms with Gasteiger partial charge >= 0.3 is 0 Å². The van der Waals surface area contributed by atoms with E-state index >= 15 is 0 Å². The lowest BCUT2D eigenvalue weighted by Crippen LogP contribution is -2.11. The van der Waals surface area contributed by atoms with Gasteiger partial charge in [-0.3, -0.25) is 14.5 Å². The summed E-state index contributed by atoms with van der Waals surface area (Å²) in [4.78, 5) is 20.8. The minimum absolute atomic E-state index is 0.366. The lowest BCUT2D eigenvalue weighted by atomic mass is 9.99. The van der Waals surface area contributed by atoms with Gasteiger partial charge in [0.2, 0.25) is 5.91 Å². The molecule has 3 heterocycles. The van der Waals surface area contributed by atoms with E-state index in [1.165, 1.54) is 0 Å². The third-order valence-corrected chi connectivity index (χ3v) is 5.43. The first-order valence-corrected chi connectivity index (χ1v) is 10.0. The number of amides is 1. The van der Waals surface area contributed by atoms with Crippen LogP contribution in [0.15, 0.2) is 67.4 Å². The molecule has 0 aliphatic rings. The summed E-state index contributed by atoms with van der Waals surface area (Å²) in [7, 11) is 1.88. The normalized spacial score (nSPS) is 11.2. The number of hydrogen-bond donors (Lipinski definition) is 2. The van der Waals surface area contributed by atoms with E-state index in [0.717, 1.165) is 44.7 Å². The molecular formula is C24H21N7O. The molecule has 5 aromatic rings. The zero-order valence-corrected chi connectivity index (χ0v) is 17.6. The predicted molar refractivity (Wildman–Crippen MR) is 124 cm³/mol.